The monoisotopic (exact) mass is 262 g/mol. The minimum absolute atomic E-state index is 0.666. The molecule has 2 heteroatoms. The Kier molecular flexibility index (Phi) is 7.76. The summed E-state index contributed by atoms with van der Waals surface area (Å²) in [7, 11) is 2.00. The van der Waals surface area contributed by atoms with Crippen molar-refractivity contribution in [3.63, 3.8) is 0 Å². The second-order valence-electron chi connectivity index (χ2n) is 5.43. The molecule has 1 atom stereocenters. The van der Waals surface area contributed by atoms with E-state index in [4.69, 9.17) is 0 Å². The fraction of sp³-hybridized carbons (Fsp3) is 0.647. The minimum atomic E-state index is 0.666. The van der Waals surface area contributed by atoms with Crippen LogP contribution >= 0.6 is 0 Å². The molecule has 0 spiro atoms. The number of rotatable bonds is 9. The third kappa shape index (κ3) is 5.75. The van der Waals surface area contributed by atoms with Crippen LogP contribution in [-0.4, -0.2) is 24.5 Å². The van der Waals surface area contributed by atoms with Crippen molar-refractivity contribution in [2.24, 2.45) is 0 Å². The van der Waals surface area contributed by atoms with Gasteiger partial charge in [0.25, 0.3) is 0 Å². The molecule has 1 rings (SSSR count). The van der Waals surface area contributed by atoms with Crippen LogP contribution in [0.25, 0.3) is 0 Å². The number of nitrogens with one attached hydrogen (secondary N) is 1. The van der Waals surface area contributed by atoms with Crippen LogP contribution in [0.2, 0.25) is 0 Å². The van der Waals surface area contributed by atoms with Gasteiger partial charge in [0.05, 0.1) is 0 Å². The molecule has 0 heterocycles. The van der Waals surface area contributed by atoms with E-state index in [1.165, 1.54) is 36.9 Å². The molecule has 0 amide bonds. The van der Waals surface area contributed by atoms with Crippen molar-refractivity contribution >= 4 is 0 Å². The van der Waals surface area contributed by atoms with Gasteiger partial charge in [-0.2, -0.15) is 0 Å². The van der Waals surface area contributed by atoms with E-state index in [0.717, 1.165) is 13.1 Å². The quantitative estimate of drug-likeness (QED) is 0.728. The Hall–Kier alpha value is -0.860. The summed E-state index contributed by atoms with van der Waals surface area (Å²) in [5.74, 6) is 0. The number of hydrogen-bond donors (Lipinski definition) is 1. The van der Waals surface area contributed by atoms with Gasteiger partial charge in [0.1, 0.15) is 0 Å². The maximum absolute atomic E-state index is 3.22. The number of unbranched alkanes of at least 4 members (excludes halogenated alkanes) is 1. The Morgan fingerprint density at radius 2 is 1.95 bits per heavy atom. The largest absolute Gasteiger partial charge is 0.316 e. The fourth-order valence-electron chi connectivity index (χ4n) is 2.35. The van der Waals surface area contributed by atoms with Gasteiger partial charge in [-0.3, -0.25) is 4.90 Å². The van der Waals surface area contributed by atoms with Crippen molar-refractivity contribution in [3.8, 4) is 0 Å². The molecule has 108 valence electrons. The van der Waals surface area contributed by atoms with E-state index >= 15 is 0 Å². The lowest BCUT2D eigenvalue weighted by Gasteiger charge is -2.28. The Morgan fingerprint density at radius 3 is 2.58 bits per heavy atom. The van der Waals surface area contributed by atoms with Gasteiger partial charge < -0.3 is 5.32 Å². The van der Waals surface area contributed by atoms with Crippen LogP contribution in [0.1, 0.15) is 51.2 Å². The molecule has 0 aliphatic carbocycles. The van der Waals surface area contributed by atoms with Gasteiger partial charge in [0.2, 0.25) is 0 Å². The second-order valence-corrected chi connectivity index (χ2v) is 5.43. The smallest absolute Gasteiger partial charge is 0.0236 e. The van der Waals surface area contributed by atoms with Gasteiger partial charge in [0.15, 0.2) is 0 Å². The fourth-order valence-corrected chi connectivity index (χ4v) is 2.35. The molecule has 0 bridgehead atoms. The third-order valence-corrected chi connectivity index (χ3v) is 3.77. The molecule has 2 nitrogen and oxygen atoms in total. The lowest BCUT2D eigenvalue weighted by molar-refractivity contribution is 0.192. The molecular weight excluding hydrogens is 232 g/mol. The first-order valence-corrected chi connectivity index (χ1v) is 7.67. The Balaban J connectivity index is 2.68. The summed E-state index contributed by atoms with van der Waals surface area (Å²) < 4.78 is 0. The molecule has 1 aromatic carbocycles. The van der Waals surface area contributed by atoms with Gasteiger partial charge in [-0.15, -0.1) is 0 Å². The van der Waals surface area contributed by atoms with Gasteiger partial charge in [0, 0.05) is 19.1 Å². The molecule has 1 N–H and O–H groups in total. The average molecular weight is 262 g/mol. The molecule has 1 unspecified atom stereocenters. The first-order valence-electron chi connectivity index (χ1n) is 7.67. The van der Waals surface area contributed by atoms with E-state index < -0.39 is 0 Å². The lowest BCUT2D eigenvalue weighted by Crippen LogP contribution is -2.33. The zero-order valence-corrected chi connectivity index (χ0v) is 13.1. The van der Waals surface area contributed by atoms with E-state index in [2.05, 4.69) is 55.3 Å². The maximum atomic E-state index is 3.22. The summed E-state index contributed by atoms with van der Waals surface area (Å²) in [6.07, 6.45) is 3.78. The summed E-state index contributed by atoms with van der Waals surface area (Å²) in [5, 5.41) is 3.22. The molecule has 0 aromatic heterocycles. The first kappa shape index (κ1) is 16.2. The molecule has 19 heavy (non-hydrogen) atoms. The highest BCUT2D eigenvalue weighted by molar-refractivity contribution is 5.23. The SMILES string of the molecule is CCCCN(Cc1cccc(CNC)c1)C(C)CC. The van der Waals surface area contributed by atoms with E-state index in [1.54, 1.807) is 0 Å². The number of nitrogens with zero attached hydrogens (tertiary/aromatic N) is 1. The second kappa shape index (κ2) is 9.11. The van der Waals surface area contributed by atoms with Crippen molar-refractivity contribution in [3.05, 3.63) is 35.4 Å². The summed E-state index contributed by atoms with van der Waals surface area (Å²) in [6, 6.07) is 9.62. The van der Waals surface area contributed by atoms with Gasteiger partial charge >= 0.3 is 0 Å². The predicted octanol–water partition coefficient (Wildman–Crippen LogP) is 3.81. The van der Waals surface area contributed by atoms with Crippen LogP contribution in [0.4, 0.5) is 0 Å². The molecule has 1 aromatic rings. The van der Waals surface area contributed by atoms with E-state index in [9.17, 15) is 0 Å². The average Bonchev–Trinajstić information content (AvgIpc) is 2.43. The highest BCUT2D eigenvalue weighted by Crippen LogP contribution is 2.13. The van der Waals surface area contributed by atoms with Crippen LogP contribution in [0.3, 0.4) is 0 Å². The predicted molar refractivity (Wildman–Crippen MR) is 84.3 cm³/mol. The Morgan fingerprint density at radius 1 is 1.21 bits per heavy atom. The van der Waals surface area contributed by atoms with Crippen molar-refractivity contribution < 1.29 is 0 Å². The molecule has 0 saturated heterocycles. The van der Waals surface area contributed by atoms with E-state index in [0.29, 0.717) is 6.04 Å². The zero-order chi connectivity index (χ0) is 14.1. The maximum Gasteiger partial charge on any atom is 0.0236 e. The molecule has 0 saturated carbocycles. The molecule has 0 fully saturated rings. The summed E-state index contributed by atoms with van der Waals surface area (Å²) in [5.41, 5.74) is 2.81. The van der Waals surface area contributed by atoms with Gasteiger partial charge in [-0.25, -0.2) is 0 Å². The van der Waals surface area contributed by atoms with Crippen LogP contribution in [0.5, 0.6) is 0 Å². The Bertz CT molecular complexity index is 349. The van der Waals surface area contributed by atoms with Crippen molar-refractivity contribution in [2.75, 3.05) is 13.6 Å². The van der Waals surface area contributed by atoms with Gasteiger partial charge in [-0.05, 0) is 44.5 Å². The van der Waals surface area contributed by atoms with E-state index in [1.807, 2.05) is 7.05 Å². The highest BCUT2D eigenvalue weighted by atomic mass is 15.1. The molecule has 0 radical (unpaired) electrons. The summed E-state index contributed by atoms with van der Waals surface area (Å²) in [4.78, 5) is 2.61. The topological polar surface area (TPSA) is 15.3 Å². The van der Waals surface area contributed by atoms with Crippen molar-refractivity contribution in [2.45, 2.75) is 59.2 Å². The van der Waals surface area contributed by atoms with E-state index in [-0.39, 0.29) is 0 Å². The highest BCUT2D eigenvalue weighted by Gasteiger charge is 2.12. The number of hydrogen-bond acceptors (Lipinski definition) is 2. The van der Waals surface area contributed by atoms with Crippen molar-refractivity contribution in [1.82, 2.24) is 10.2 Å². The van der Waals surface area contributed by atoms with Crippen LogP contribution < -0.4 is 5.32 Å². The van der Waals surface area contributed by atoms with Crippen LogP contribution in [-0.2, 0) is 13.1 Å². The normalized spacial score (nSPS) is 12.9. The van der Waals surface area contributed by atoms with Crippen LogP contribution in [0, 0.1) is 0 Å². The van der Waals surface area contributed by atoms with Gasteiger partial charge in [-0.1, -0.05) is 44.5 Å². The lowest BCUT2D eigenvalue weighted by atomic mass is 10.1. The molecular formula is C17H30N2. The van der Waals surface area contributed by atoms with Crippen molar-refractivity contribution in [1.29, 1.82) is 0 Å². The first-order chi connectivity index (χ1) is 9.21. The molecule has 0 aliphatic rings. The third-order valence-electron chi connectivity index (χ3n) is 3.77. The standard InChI is InChI=1S/C17H30N2/c1-5-7-11-19(15(3)6-2)14-17-10-8-9-16(12-17)13-18-4/h8-10,12,15,18H,5-7,11,13-14H2,1-4H3. The summed E-state index contributed by atoms with van der Waals surface area (Å²) >= 11 is 0. The zero-order valence-electron chi connectivity index (χ0n) is 13.1. The number of benzene rings is 1. The minimum Gasteiger partial charge on any atom is -0.316 e. The van der Waals surface area contributed by atoms with Crippen LogP contribution in [0.15, 0.2) is 24.3 Å². The Labute approximate surface area is 119 Å². The molecule has 0 aliphatic heterocycles. The summed E-state index contributed by atoms with van der Waals surface area (Å²) in [6.45, 7) is 10.1.